The van der Waals surface area contributed by atoms with Gasteiger partial charge in [-0.15, -0.1) is 4.40 Å². The highest BCUT2D eigenvalue weighted by Crippen LogP contribution is 2.30. The van der Waals surface area contributed by atoms with Crippen LogP contribution in [0, 0.1) is 5.92 Å². The van der Waals surface area contributed by atoms with E-state index in [1.807, 2.05) is 17.0 Å². The Hall–Kier alpha value is -3.40. The first-order valence-corrected chi connectivity index (χ1v) is 12.0. The molecule has 2 saturated heterocycles. The average molecular weight is 454 g/mol. The first kappa shape index (κ1) is 20.5. The summed E-state index contributed by atoms with van der Waals surface area (Å²) in [5.41, 5.74) is 2.03. The largest absolute Gasteiger partial charge is 0.355 e. The highest BCUT2D eigenvalue weighted by atomic mass is 32.2. The van der Waals surface area contributed by atoms with Crippen molar-refractivity contribution in [2.24, 2.45) is 10.3 Å². The summed E-state index contributed by atoms with van der Waals surface area (Å²) in [5, 5.41) is 5.71. The minimum atomic E-state index is -3.69. The molecule has 32 heavy (non-hydrogen) atoms. The van der Waals surface area contributed by atoms with Crippen LogP contribution in [0.15, 0.2) is 57.8 Å². The van der Waals surface area contributed by atoms with E-state index < -0.39 is 10.0 Å². The maximum Gasteiger partial charge on any atom is 0.321 e. The first-order chi connectivity index (χ1) is 15.4. The van der Waals surface area contributed by atoms with Gasteiger partial charge in [-0.05, 0) is 49.2 Å². The molecule has 2 N–H and O–H groups in total. The molecule has 3 heterocycles. The van der Waals surface area contributed by atoms with Crippen LogP contribution in [0.3, 0.4) is 0 Å². The fourth-order valence-electron chi connectivity index (χ4n) is 4.39. The van der Waals surface area contributed by atoms with Gasteiger partial charge in [-0.3, -0.25) is 9.69 Å². The van der Waals surface area contributed by atoms with Crippen LogP contribution in [-0.4, -0.2) is 57.3 Å². The van der Waals surface area contributed by atoms with Crippen LogP contribution in [0.4, 0.5) is 16.2 Å². The molecule has 3 aliphatic heterocycles. The Bertz CT molecular complexity index is 1210. The number of benzene rings is 2. The van der Waals surface area contributed by atoms with E-state index in [9.17, 15) is 18.0 Å². The van der Waals surface area contributed by atoms with Crippen molar-refractivity contribution in [3.8, 4) is 0 Å². The minimum Gasteiger partial charge on any atom is -0.355 e. The number of urea groups is 1. The van der Waals surface area contributed by atoms with Crippen molar-refractivity contribution in [1.29, 1.82) is 0 Å². The third kappa shape index (κ3) is 3.70. The lowest BCUT2D eigenvalue weighted by atomic mass is 9.96. The van der Waals surface area contributed by atoms with Crippen molar-refractivity contribution in [3.63, 3.8) is 0 Å². The number of carbonyl (C=O) groups excluding carboxylic acids is 2. The number of hydrogen-bond donors (Lipinski definition) is 2. The average Bonchev–Trinajstić information content (AvgIpc) is 3.35. The lowest BCUT2D eigenvalue weighted by Crippen LogP contribution is -2.43. The van der Waals surface area contributed by atoms with Crippen molar-refractivity contribution in [2.45, 2.75) is 17.7 Å². The highest BCUT2D eigenvalue weighted by molar-refractivity contribution is 7.90. The summed E-state index contributed by atoms with van der Waals surface area (Å²) in [6.07, 6.45) is 1.48. The number of carbonyl (C=O) groups is 2. The zero-order chi connectivity index (χ0) is 22.3. The number of nitrogens with one attached hydrogen (secondary N) is 2. The van der Waals surface area contributed by atoms with Crippen LogP contribution >= 0.6 is 0 Å². The lowest BCUT2D eigenvalue weighted by molar-refractivity contribution is -0.121. The maximum absolute atomic E-state index is 12.9. The molecule has 1 unspecified atom stereocenters. The van der Waals surface area contributed by atoms with Gasteiger partial charge in [-0.25, -0.2) is 4.79 Å². The van der Waals surface area contributed by atoms with Crippen molar-refractivity contribution < 1.29 is 18.0 Å². The first-order valence-electron chi connectivity index (χ1n) is 10.6. The fourth-order valence-corrected chi connectivity index (χ4v) is 5.61. The number of sulfonamides is 1. The Morgan fingerprint density at radius 2 is 1.88 bits per heavy atom. The van der Waals surface area contributed by atoms with Crippen molar-refractivity contribution in [2.75, 3.05) is 36.4 Å². The fraction of sp³-hybridized carbons (Fsp3) is 0.318. The molecule has 5 rings (SSSR count). The van der Waals surface area contributed by atoms with Crippen molar-refractivity contribution in [1.82, 2.24) is 10.2 Å². The molecule has 1 atom stereocenters. The van der Waals surface area contributed by atoms with Gasteiger partial charge in [0.05, 0.1) is 5.92 Å². The molecule has 2 aromatic carbocycles. The van der Waals surface area contributed by atoms with E-state index in [1.54, 1.807) is 41.3 Å². The molecule has 0 aliphatic carbocycles. The number of hydrogen-bond acceptors (Lipinski definition) is 5. The number of amides is 3. The van der Waals surface area contributed by atoms with Crippen molar-refractivity contribution >= 4 is 39.2 Å². The molecule has 0 bridgehead atoms. The van der Waals surface area contributed by atoms with E-state index in [0.29, 0.717) is 43.3 Å². The number of amidine groups is 1. The summed E-state index contributed by atoms with van der Waals surface area (Å²) >= 11 is 0. The molecule has 2 fully saturated rings. The molecule has 0 saturated carbocycles. The summed E-state index contributed by atoms with van der Waals surface area (Å²) in [5.74, 6) is 0.0217. The summed E-state index contributed by atoms with van der Waals surface area (Å²) in [6.45, 7) is 2.29. The quantitative estimate of drug-likeness (QED) is 0.739. The molecule has 0 spiro atoms. The third-order valence-electron chi connectivity index (χ3n) is 6.01. The Morgan fingerprint density at radius 3 is 2.62 bits per heavy atom. The molecule has 3 aliphatic rings. The number of nitrogens with zero attached hydrogens (tertiary/aromatic N) is 3. The van der Waals surface area contributed by atoms with Crippen LogP contribution in [0.5, 0.6) is 0 Å². The van der Waals surface area contributed by atoms with E-state index in [-0.39, 0.29) is 22.8 Å². The minimum absolute atomic E-state index is 0.115. The van der Waals surface area contributed by atoms with Crippen LogP contribution in [0.2, 0.25) is 0 Å². The smallest absolute Gasteiger partial charge is 0.321 e. The molecular weight excluding hydrogens is 430 g/mol. The second kappa shape index (κ2) is 7.94. The van der Waals surface area contributed by atoms with Crippen molar-refractivity contribution in [3.05, 3.63) is 54.1 Å². The monoisotopic (exact) mass is 453 g/mol. The molecule has 9 nitrogen and oxygen atoms in total. The Balaban J connectivity index is 1.27. The number of fused-ring (bicyclic) bond motifs is 1. The number of anilines is 2. The topological polar surface area (TPSA) is 111 Å². The normalized spacial score (nSPS) is 21.7. The Kier molecular flexibility index (Phi) is 5.09. The summed E-state index contributed by atoms with van der Waals surface area (Å²) < 4.78 is 28.8. The van der Waals surface area contributed by atoms with E-state index in [0.717, 1.165) is 18.5 Å². The standard InChI is InChI=1S/C22H23N5O4S/c28-21(24-16-7-9-17(10-8-16)27-13-11-23-22(27)29)15-4-3-12-26(14-15)20-18-5-1-2-6-19(18)32(30,31)25-20/h1-2,5-10,15H,3-4,11-14H2,(H,23,29)(H,24,28). The van der Waals surface area contributed by atoms with E-state index in [1.165, 1.54) is 0 Å². The van der Waals surface area contributed by atoms with Gasteiger partial charge in [0.25, 0.3) is 10.0 Å². The molecule has 0 radical (unpaired) electrons. The van der Waals surface area contributed by atoms with Gasteiger partial charge in [0.1, 0.15) is 4.90 Å². The summed E-state index contributed by atoms with van der Waals surface area (Å²) in [4.78, 5) is 28.5. The molecule has 3 amide bonds. The van der Waals surface area contributed by atoms with Gasteiger partial charge in [0.2, 0.25) is 5.91 Å². The third-order valence-corrected chi connectivity index (χ3v) is 7.33. The molecule has 0 aromatic heterocycles. The van der Waals surface area contributed by atoms with E-state index >= 15 is 0 Å². The van der Waals surface area contributed by atoms with E-state index in [2.05, 4.69) is 15.0 Å². The number of piperidine rings is 1. The number of likely N-dealkylation sites (tertiary alicyclic amines) is 1. The molecule has 10 heteroatoms. The van der Waals surface area contributed by atoms with Gasteiger partial charge in [-0.1, -0.05) is 12.1 Å². The highest BCUT2D eigenvalue weighted by Gasteiger charge is 2.35. The predicted octanol–water partition coefficient (Wildman–Crippen LogP) is 2.02. The van der Waals surface area contributed by atoms with Gasteiger partial charge in [0.15, 0.2) is 5.84 Å². The van der Waals surface area contributed by atoms with Crippen LogP contribution in [0.1, 0.15) is 18.4 Å². The maximum atomic E-state index is 12.9. The predicted molar refractivity (Wildman–Crippen MR) is 120 cm³/mol. The van der Waals surface area contributed by atoms with Gasteiger partial charge in [-0.2, -0.15) is 8.42 Å². The number of rotatable bonds is 3. The molecule has 166 valence electrons. The molecule has 2 aromatic rings. The van der Waals surface area contributed by atoms with E-state index in [4.69, 9.17) is 0 Å². The Labute approximate surface area is 186 Å². The molecular formula is C22H23N5O4S. The van der Waals surface area contributed by atoms with Gasteiger partial charge in [0, 0.05) is 43.1 Å². The zero-order valence-electron chi connectivity index (χ0n) is 17.3. The van der Waals surface area contributed by atoms with Gasteiger partial charge < -0.3 is 15.5 Å². The SMILES string of the molecule is O=C(Nc1ccc(N2CCNC2=O)cc1)C1CCCN(C2=NS(=O)(=O)c3ccccc32)C1. The summed E-state index contributed by atoms with van der Waals surface area (Å²) in [6, 6.07) is 13.8. The second-order valence-corrected chi connectivity index (χ2v) is 9.66. The van der Waals surface area contributed by atoms with Crippen LogP contribution in [0.25, 0.3) is 0 Å². The zero-order valence-corrected chi connectivity index (χ0v) is 18.1. The Morgan fingerprint density at radius 1 is 1.09 bits per heavy atom. The van der Waals surface area contributed by atoms with Crippen LogP contribution in [-0.2, 0) is 14.8 Å². The lowest BCUT2D eigenvalue weighted by Gasteiger charge is -2.33. The van der Waals surface area contributed by atoms with Crippen LogP contribution < -0.4 is 15.5 Å². The summed E-state index contributed by atoms with van der Waals surface area (Å²) in [7, 11) is -3.69. The second-order valence-electron chi connectivity index (χ2n) is 8.09. The van der Waals surface area contributed by atoms with Gasteiger partial charge >= 0.3 is 6.03 Å².